The summed E-state index contributed by atoms with van der Waals surface area (Å²) >= 11 is 0. The Balaban J connectivity index is 3.55. The number of hydrogen-bond acceptors (Lipinski definition) is 5. The molecule has 1 aromatic carbocycles. The third-order valence-corrected chi connectivity index (χ3v) is 3.60. The summed E-state index contributed by atoms with van der Waals surface area (Å²) in [5.41, 5.74) is -0.840. The van der Waals surface area contributed by atoms with Gasteiger partial charge in [0.2, 0.25) is 5.75 Å². The third kappa shape index (κ3) is 3.74. The second-order valence-corrected chi connectivity index (χ2v) is 5.89. The van der Waals surface area contributed by atoms with Crippen molar-refractivity contribution in [2.75, 3.05) is 0 Å². The van der Waals surface area contributed by atoms with Crippen LogP contribution in [0.3, 0.4) is 0 Å². The lowest BCUT2D eigenvalue weighted by Gasteiger charge is -2.09. The number of aryl methyl sites for hydroxylation is 1. The van der Waals surface area contributed by atoms with Gasteiger partial charge in [0.05, 0.1) is 9.82 Å². The summed E-state index contributed by atoms with van der Waals surface area (Å²) in [6.07, 6.45) is 0.124. The molecule has 0 aliphatic rings. The molecule has 1 aromatic rings. The van der Waals surface area contributed by atoms with Gasteiger partial charge < -0.3 is 4.74 Å². The zero-order valence-corrected chi connectivity index (χ0v) is 11.0. The molecule has 19 heavy (non-hydrogen) atoms. The van der Waals surface area contributed by atoms with Gasteiger partial charge >= 0.3 is 12.3 Å². The van der Waals surface area contributed by atoms with E-state index < -0.39 is 36.9 Å². The number of halogens is 3. The Morgan fingerprint density at radius 1 is 1.47 bits per heavy atom. The van der Waals surface area contributed by atoms with Crippen LogP contribution < -0.4 is 4.74 Å². The molecule has 106 valence electrons. The van der Waals surface area contributed by atoms with Gasteiger partial charge in [-0.15, -0.1) is 0 Å². The SMILES string of the molecule is CCc1cc(OC(F)F)c([N+](=O)[O-])cc1S(=O)(=O)Cl. The molecule has 6 nitrogen and oxygen atoms in total. The molecule has 0 aromatic heterocycles. The number of ether oxygens (including phenoxy) is 1. The highest BCUT2D eigenvalue weighted by atomic mass is 35.7. The average molecular weight is 316 g/mol. The van der Waals surface area contributed by atoms with Gasteiger partial charge in [0.25, 0.3) is 9.05 Å². The first-order valence-electron chi connectivity index (χ1n) is 4.87. The van der Waals surface area contributed by atoms with Crippen molar-refractivity contribution >= 4 is 25.4 Å². The summed E-state index contributed by atoms with van der Waals surface area (Å²) in [6, 6.07) is 1.48. The Morgan fingerprint density at radius 2 is 2.05 bits per heavy atom. The quantitative estimate of drug-likeness (QED) is 0.473. The van der Waals surface area contributed by atoms with Crippen LogP contribution in [0.4, 0.5) is 14.5 Å². The van der Waals surface area contributed by atoms with Crippen LogP contribution in [0.5, 0.6) is 5.75 Å². The molecule has 0 aliphatic carbocycles. The Hall–Kier alpha value is -1.48. The van der Waals surface area contributed by atoms with E-state index in [9.17, 15) is 27.3 Å². The molecule has 0 spiro atoms. The van der Waals surface area contributed by atoms with E-state index in [1.807, 2.05) is 0 Å². The number of nitrogens with zero attached hydrogens (tertiary/aromatic N) is 1. The first-order valence-corrected chi connectivity index (χ1v) is 7.18. The largest absolute Gasteiger partial charge is 0.427 e. The molecule has 0 saturated heterocycles. The molecule has 0 heterocycles. The summed E-state index contributed by atoms with van der Waals surface area (Å²) < 4.78 is 50.8. The normalized spacial score (nSPS) is 11.6. The highest BCUT2D eigenvalue weighted by Gasteiger charge is 2.26. The van der Waals surface area contributed by atoms with E-state index in [4.69, 9.17) is 10.7 Å². The molecule has 0 fully saturated rings. The van der Waals surface area contributed by atoms with Gasteiger partial charge in [-0.3, -0.25) is 10.1 Å². The van der Waals surface area contributed by atoms with Crippen LogP contribution in [0.25, 0.3) is 0 Å². The maximum absolute atomic E-state index is 12.1. The molecule has 0 unspecified atom stereocenters. The van der Waals surface area contributed by atoms with Crippen molar-refractivity contribution < 1.29 is 26.9 Å². The van der Waals surface area contributed by atoms with Crippen LogP contribution >= 0.6 is 10.7 Å². The fraction of sp³-hybridized carbons (Fsp3) is 0.333. The Kier molecular flexibility index (Phi) is 4.64. The monoisotopic (exact) mass is 315 g/mol. The van der Waals surface area contributed by atoms with Crippen molar-refractivity contribution in [1.29, 1.82) is 0 Å². The summed E-state index contributed by atoms with van der Waals surface area (Å²) in [5.74, 6) is -0.707. The van der Waals surface area contributed by atoms with Crippen LogP contribution in [0.1, 0.15) is 12.5 Å². The standard InChI is InChI=1S/C9H8ClF2NO5S/c1-2-5-3-7(18-9(11)12)6(13(14)15)4-8(5)19(10,16)17/h3-4,9H,2H2,1H3. The molecular formula is C9H8ClF2NO5S. The first-order chi connectivity index (χ1) is 8.66. The Bertz CT molecular complexity index is 605. The van der Waals surface area contributed by atoms with E-state index in [0.717, 1.165) is 6.07 Å². The molecule has 0 radical (unpaired) electrons. The third-order valence-electron chi connectivity index (χ3n) is 2.20. The average Bonchev–Trinajstić information content (AvgIpc) is 2.25. The highest BCUT2D eigenvalue weighted by Crippen LogP contribution is 2.35. The van der Waals surface area contributed by atoms with E-state index >= 15 is 0 Å². The van der Waals surface area contributed by atoms with Gasteiger partial charge in [0, 0.05) is 16.7 Å². The molecule has 0 N–H and O–H groups in total. The number of nitro groups is 1. The number of rotatable bonds is 5. The molecule has 0 aliphatic heterocycles. The molecule has 0 saturated carbocycles. The lowest BCUT2D eigenvalue weighted by Crippen LogP contribution is -2.07. The lowest BCUT2D eigenvalue weighted by atomic mass is 10.1. The molecule has 1 rings (SSSR count). The van der Waals surface area contributed by atoms with Gasteiger partial charge in [0.1, 0.15) is 0 Å². The summed E-state index contributed by atoms with van der Waals surface area (Å²) in [6.45, 7) is -1.72. The molecule has 0 bridgehead atoms. The summed E-state index contributed by atoms with van der Waals surface area (Å²) in [4.78, 5) is 9.20. The van der Waals surface area contributed by atoms with E-state index in [1.54, 1.807) is 6.92 Å². The van der Waals surface area contributed by atoms with Gasteiger partial charge in [0.15, 0.2) is 0 Å². The highest BCUT2D eigenvalue weighted by molar-refractivity contribution is 8.13. The summed E-state index contributed by atoms with van der Waals surface area (Å²) in [7, 11) is 0.916. The van der Waals surface area contributed by atoms with E-state index in [0.29, 0.717) is 6.07 Å². The molecular weight excluding hydrogens is 308 g/mol. The van der Waals surface area contributed by atoms with Gasteiger partial charge in [-0.1, -0.05) is 6.92 Å². The molecule has 0 amide bonds. The minimum absolute atomic E-state index is 0.0521. The Morgan fingerprint density at radius 3 is 2.42 bits per heavy atom. The van der Waals surface area contributed by atoms with Crippen LogP contribution in [0.2, 0.25) is 0 Å². The van der Waals surface area contributed by atoms with Crippen molar-refractivity contribution in [2.45, 2.75) is 24.9 Å². The van der Waals surface area contributed by atoms with Gasteiger partial charge in [-0.25, -0.2) is 8.42 Å². The maximum atomic E-state index is 12.1. The topological polar surface area (TPSA) is 86.5 Å². The predicted molar refractivity (Wildman–Crippen MR) is 62.1 cm³/mol. The fourth-order valence-corrected chi connectivity index (χ4v) is 2.63. The second kappa shape index (κ2) is 5.66. The number of benzene rings is 1. The van der Waals surface area contributed by atoms with E-state index in [1.165, 1.54) is 0 Å². The van der Waals surface area contributed by atoms with Crippen molar-refractivity contribution in [3.8, 4) is 5.75 Å². The first kappa shape index (κ1) is 15.6. The zero-order chi connectivity index (χ0) is 14.8. The molecule has 10 heteroatoms. The van der Waals surface area contributed by atoms with E-state index in [-0.39, 0.29) is 12.0 Å². The van der Waals surface area contributed by atoms with Crippen molar-refractivity contribution in [2.24, 2.45) is 0 Å². The van der Waals surface area contributed by atoms with Crippen LogP contribution in [0.15, 0.2) is 17.0 Å². The van der Waals surface area contributed by atoms with E-state index in [2.05, 4.69) is 4.74 Å². The smallest absolute Gasteiger partial charge is 0.387 e. The maximum Gasteiger partial charge on any atom is 0.387 e. The van der Waals surface area contributed by atoms with Crippen LogP contribution in [-0.2, 0) is 15.5 Å². The molecule has 0 atom stereocenters. The fourth-order valence-electron chi connectivity index (χ4n) is 1.43. The minimum Gasteiger partial charge on any atom is -0.427 e. The van der Waals surface area contributed by atoms with Crippen molar-refractivity contribution in [3.63, 3.8) is 0 Å². The van der Waals surface area contributed by atoms with Gasteiger partial charge in [-0.2, -0.15) is 8.78 Å². The number of nitro benzene ring substituents is 1. The lowest BCUT2D eigenvalue weighted by molar-refractivity contribution is -0.386. The van der Waals surface area contributed by atoms with Crippen LogP contribution in [-0.4, -0.2) is 20.0 Å². The van der Waals surface area contributed by atoms with Crippen LogP contribution in [0, 0.1) is 10.1 Å². The Labute approximate surface area is 111 Å². The van der Waals surface area contributed by atoms with Crippen molar-refractivity contribution in [1.82, 2.24) is 0 Å². The minimum atomic E-state index is -4.22. The van der Waals surface area contributed by atoms with Gasteiger partial charge in [-0.05, 0) is 18.1 Å². The van der Waals surface area contributed by atoms with Crippen molar-refractivity contribution in [3.05, 3.63) is 27.8 Å². The zero-order valence-electron chi connectivity index (χ0n) is 9.47. The second-order valence-electron chi connectivity index (χ2n) is 3.35. The predicted octanol–water partition coefficient (Wildman–Crippen LogP) is 2.69. The number of alkyl halides is 2. The number of hydrogen-bond donors (Lipinski definition) is 0. The summed E-state index contributed by atoms with van der Waals surface area (Å²) in [5, 5.41) is 10.7.